The third-order valence-corrected chi connectivity index (χ3v) is 5.96. The van der Waals surface area contributed by atoms with Crippen LogP contribution in [0.2, 0.25) is 0 Å². The van der Waals surface area contributed by atoms with Crippen LogP contribution in [0.15, 0.2) is 59.5 Å². The molecule has 0 unspecified atom stereocenters. The number of amides is 1. The van der Waals surface area contributed by atoms with Crippen molar-refractivity contribution in [2.75, 3.05) is 17.3 Å². The fourth-order valence-corrected chi connectivity index (χ4v) is 4.42. The van der Waals surface area contributed by atoms with Gasteiger partial charge in [0.2, 0.25) is 15.9 Å². The highest BCUT2D eigenvalue weighted by Crippen LogP contribution is 2.20. The number of anilines is 1. The minimum Gasteiger partial charge on any atom is -0.326 e. The molecule has 2 N–H and O–H groups in total. The molecule has 26 heavy (non-hydrogen) atoms. The summed E-state index contributed by atoms with van der Waals surface area (Å²) in [6, 6.07) is 14.4. The Morgan fingerprint density at radius 2 is 1.69 bits per heavy atom. The number of benzene rings is 2. The van der Waals surface area contributed by atoms with Crippen LogP contribution < -0.4 is 10.0 Å². The molecule has 0 heterocycles. The predicted molar refractivity (Wildman–Crippen MR) is 104 cm³/mol. The third kappa shape index (κ3) is 5.76. The van der Waals surface area contributed by atoms with Crippen LogP contribution in [-0.2, 0) is 25.6 Å². The second-order valence-corrected chi connectivity index (χ2v) is 8.94. The Hall–Kier alpha value is -2.03. The largest absolute Gasteiger partial charge is 0.326 e. The summed E-state index contributed by atoms with van der Waals surface area (Å²) < 4.78 is 39.7. The van der Waals surface area contributed by atoms with Crippen molar-refractivity contribution in [2.24, 2.45) is 0 Å². The highest BCUT2D eigenvalue weighted by Gasteiger charge is 2.22. The molecule has 6 nitrogen and oxygen atoms in total. The molecule has 0 bridgehead atoms. The second kappa shape index (κ2) is 9.07. The van der Waals surface area contributed by atoms with E-state index in [1.807, 2.05) is 6.07 Å². The van der Waals surface area contributed by atoms with Gasteiger partial charge in [-0.25, -0.2) is 13.1 Å². The zero-order valence-electron chi connectivity index (χ0n) is 14.6. The van der Waals surface area contributed by atoms with Crippen LogP contribution in [0.1, 0.15) is 24.9 Å². The van der Waals surface area contributed by atoms with Crippen molar-refractivity contribution in [2.45, 2.75) is 24.3 Å². The van der Waals surface area contributed by atoms with Crippen molar-refractivity contribution in [3.8, 4) is 0 Å². The Morgan fingerprint density at radius 3 is 2.23 bits per heavy atom. The summed E-state index contributed by atoms with van der Waals surface area (Å²) in [5.41, 5.74) is 1.28. The molecular formula is C18H22N2O4S2. The number of carbonyl (C=O) groups excluding carboxylic acids is 1. The molecule has 2 aromatic carbocycles. The van der Waals surface area contributed by atoms with E-state index in [4.69, 9.17) is 0 Å². The molecule has 140 valence electrons. The van der Waals surface area contributed by atoms with E-state index < -0.39 is 26.9 Å². The lowest BCUT2D eigenvalue weighted by molar-refractivity contribution is -0.115. The summed E-state index contributed by atoms with van der Waals surface area (Å²) in [4.78, 5) is 11.5. The molecule has 0 fully saturated rings. The molecule has 2 aromatic rings. The van der Waals surface area contributed by atoms with Crippen molar-refractivity contribution < 1.29 is 17.4 Å². The summed E-state index contributed by atoms with van der Waals surface area (Å²) in [5, 5.41) is 2.67. The van der Waals surface area contributed by atoms with Gasteiger partial charge in [-0.3, -0.25) is 9.00 Å². The summed E-state index contributed by atoms with van der Waals surface area (Å²) in [7, 11) is -4.97. The first-order chi connectivity index (χ1) is 12.3. The molecule has 0 aliphatic rings. The fraction of sp³-hybridized carbons (Fsp3) is 0.278. The van der Waals surface area contributed by atoms with Crippen LogP contribution in [0.3, 0.4) is 0 Å². The number of hydrogen-bond acceptors (Lipinski definition) is 4. The van der Waals surface area contributed by atoms with Crippen molar-refractivity contribution in [1.29, 1.82) is 0 Å². The molecule has 8 heteroatoms. The van der Waals surface area contributed by atoms with E-state index in [0.29, 0.717) is 12.1 Å². The molecule has 2 rings (SSSR count). The average Bonchev–Trinajstić information content (AvgIpc) is 2.61. The highest BCUT2D eigenvalue weighted by atomic mass is 32.2. The Bertz CT molecular complexity index is 866. The minimum absolute atomic E-state index is 0.0785. The number of rotatable bonds is 8. The van der Waals surface area contributed by atoms with E-state index in [2.05, 4.69) is 10.0 Å². The quantitative estimate of drug-likeness (QED) is 0.719. The first-order valence-electron chi connectivity index (χ1n) is 8.09. The van der Waals surface area contributed by atoms with E-state index in [0.717, 1.165) is 5.56 Å². The zero-order chi connectivity index (χ0) is 19.2. The van der Waals surface area contributed by atoms with Crippen LogP contribution in [0.5, 0.6) is 0 Å². The van der Waals surface area contributed by atoms with Gasteiger partial charge in [-0.05, 0) is 29.8 Å². The van der Waals surface area contributed by atoms with Gasteiger partial charge in [0.15, 0.2) is 0 Å². The summed E-state index contributed by atoms with van der Waals surface area (Å²) >= 11 is 0. The van der Waals surface area contributed by atoms with E-state index in [1.54, 1.807) is 31.2 Å². The van der Waals surface area contributed by atoms with Gasteiger partial charge in [-0.1, -0.05) is 37.3 Å². The van der Waals surface area contributed by atoms with E-state index in [9.17, 15) is 17.4 Å². The van der Waals surface area contributed by atoms with Gasteiger partial charge in [0.1, 0.15) is 0 Å². The van der Waals surface area contributed by atoms with Gasteiger partial charge >= 0.3 is 0 Å². The maximum atomic E-state index is 12.7. The molecule has 0 saturated carbocycles. The first kappa shape index (κ1) is 20.3. The molecule has 0 aromatic heterocycles. The summed E-state index contributed by atoms with van der Waals surface area (Å²) in [6.45, 7) is 1.74. The van der Waals surface area contributed by atoms with Gasteiger partial charge in [0, 0.05) is 34.9 Å². The molecule has 0 saturated heterocycles. The predicted octanol–water partition coefficient (Wildman–Crippen LogP) is 2.43. The molecule has 1 amide bonds. The van der Waals surface area contributed by atoms with Crippen molar-refractivity contribution in [1.82, 2.24) is 4.72 Å². The Balaban J connectivity index is 2.22. The topological polar surface area (TPSA) is 92.3 Å². The fourth-order valence-electron chi connectivity index (χ4n) is 2.34. The number of sulfonamides is 1. The van der Waals surface area contributed by atoms with Gasteiger partial charge < -0.3 is 5.32 Å². The Morgan fingerprint density at radius 1 is 1.08 bits per heavy atom. The lowest BCUT2D eigenvalue weighted by atomic mass is 10.1. The van der Waals surface area contributed by atoms with Crippen LogP contribution in [-0.4, -0.2) is 30.5 Å². The van der Waals surface area contributed by atoms with E-state index >= 15 is 0 Å². The van der Waals surface area contributed by atoms with E-state index in [-0.39, 0.29) is 16.6 Å². The number of carbonyl (C=O) groups is 1. The third-order valence-electron chi connectivity index (χ3n) is 3.67. The molecule has 0 aliphatic carbocycles. The van der Waals surface area contributed by atoms with Crippen molar-refractivity contribution in [3.05, 3.63) is 60.2 Å². The van der Waals surface area contributed by atoms with Crippen LogP contribution in [0, 0.1) is 0 Å². The summed E-state index contributed by atoms with van der Waals surface area (Å²) in [6.07, 6.45) is 1.88. The smallest absolute Gasteiger partial charge is 0.241 e. The lowest BCUT2D eigenvalue weighted by Gasteiger charge is -2.18. The molecular weight excluding hydrogens is 372 g/mol. The molecule has 0 spiro atoms. The Kier molecular flexibility index (Phi) is 7.07. The lowest BCUT2D eigenvalue weighted by Crippen LogP contribution is -2.32. The van der Waals surface area contributed by atoms with Gasteiger partial charge in [-0.15, -0.1) is 0 Å². The Labute approximate surface area is 156 Å². The molecule has 0 aliphatic heterocycles. The van der Waals surface area contributed by atoms with Gasteiger partial charge in [-0.2, -0.15) is 0 Å². The average molecular weight is 395 g/mol. The molecule has 0 radical (unpaired) electrons. The maximum Gasteiger partial charge on any atom is 0.241 e. The maximum absolute atomic E-state index is 12.7. The number of hydrogen-bond donors (Lipinski definition) is 2. The number of nitrogens with one attached hydrogen (secondary N) is 2. The zero-order valence-corrected chi connectivity index (χ0v) is 16.3. The first-order valence-corrected chi connectivity index (χ1v) is 11.3. The van der Waals surface area contributed by atoms with Crippen LogP contribution >= 0.6 is 0 Å². The summed E-state index contributed by atoms with van der Waals surface area (Å²) in [5.74, 6) is 0.0294. The highest BCUT2D eigenvalue weighted by molar-refractivity contribution is 7.89. The van der Waals surface area contributed by atoms with Gasteiger partial charge in [0.05, 0.1) is 10.9 Å². The van der Waals surface area contributed by atoms with Crippen molar-refractivity contribution >= 4 is 32.4 Å². The van der Waals surface area contributed by atoms with Gasteiger partial charge in [0.25, 0.3) is 0 Å². The second-order valence-electron chi connectivity index (χ2n) is 5.75. The van der Waals surface area contributed by atoms with E-state index in [1.165, 1.54) is 30.5 Å². The van der Waals surface area contributed by atoms with Crippen LogP contribution in [0.4, 0.5) is 5.69 Å². The van der Waals surface area contributed by atoms with Crippen molar-refractivity contribution in [3.63, 3.8) is 0 Å². The standard InChI is InChI=1S/C18H22N2O4S2/c1-3-18(21)19-15-9-11-16(12-10-15)26(23,24)20-17(13-25(2)22)14-7-5-4-6-8-14/h4-12,17,20H,3,13H2,1-2H3,(H,19,21)/t17-,25-/m1/s1. The minimum atomic E-state index is -3.80. The monoisotopic (exact) mass is 394 g/mol. The molecule has 2 atom stereocenters. The SMILES string of the molecule is CCC(=O)Nc1ccc(S(=O)(=O)N[C@H](C[S@@](C)=O)c2ccccc2)cc1. The van der Waals surface area contributed by atoms with Crippen LogP contribution in [0.25, 0.3) is 0 Å². The normalized spacial score (nSPS) is 13.8.